The summed E-state index contributed by atoms with van der Waals surface area (Å²) >= 11 is 6.32. The van der Waals surface area contributed by atoms with Crippen LogP contribution in [0.15, 0.2) is 18.2 Å². The van der Waals surface area contributed by atoms with Gasteiger partial charge in [-0.1, -0.05) is 23.7 Å². The number of rotatable bonds is 2. The van der Waals surface area contributed by atoms with Crippen molar-refractivity contribution in [1.29, 1.82) is 0 Å². The Kier molecular flexibility index (Phi) is 3.46. The van der Waals surface area contributed by atoms with E-state index in [0.29, 0.717) is 6.04 Å². The smallest absolute Gasteiger partial charge is 0.0702 e. The first-order valence-electron chi connectivity index (χ1n) is 6.67. The van der Waals surface area contributed by atoms with Crippen LogP contribution in [0.1, 0.15) is 18.4 Å². The van der Waals surface area contributed by atoms with Crippen molar-refractivity contribution < 1.29 is 5.11 Å². The minimum Gasteiger partial charge on any atom is -0.392 e. The second kappa shape index (κ2) is 5.08. The van der Waals surface area contributed by atoms with Gasteiger partial charge >= 0.3 is 0 Å². The summed E-state index contributed by atoms with van der Waals surface area (Å²) < 4.78 is 0. The van der Waals surface area contributed by atoms with Crippen molar-refractivity contribution in [1.82, 2.24) is 4.90 Å². The van der Waals surface area contributed by atoms with Gasteiger partial charge in [0.25, 0.3) is 0 Å². The molecular formula is C14H19ClN2O. The molecule has 0 aliphatic carbocycles. The van der Waals surface area contributed by atoms with E-state index in [9.17, 15) is 5.11 Å². The molecule has 0 radical (unpaired) electrons. The predicted molar refractivity (Wildman–Crippen MR) is 74.2 cm³/mol. The van der Waals surface area contributed by atoms with Crippen molar-refractivity contribution in [3.05, 3.63) is 28.8 Å². The number of nitrogens with zero attached hydrogens (tertiary/aromatic N) is 2. The summed E-state index contributed by atoms with van der Waals surface area (Å²) in [7, 11) is 0. The van der Waals surface area contributed by atoms with Crippen molar-refractivity contribution >= 4 is 17.3 Å². The standard InChI is InChI=1S/C14H19ClN2O/c15-13-5-1-3-11(10-18)14(13)17-8-7-16-6-2-4-12(16)9-17/h1,3,5,12,18H,2,4,6-10H2. The molecule has 0 amide bonds. The van der Waals surface area contributed by atoms with E-state index in [2.05, 4.69) is 9.80 Å². The number of hydrogen-bond acceptors (Lipinski definition) is 3. The molecule has 18 heavy (non-hydrogen) atoms. The molecule has 1 N–H and O–H groups in total. The van der Waals surface area contributed by atoms with Gasteiger partial charge in [-0.15, -0.1) is 0 Å². The lowest BCUT2D eigenvalue weighted by Crippen LogP contribution is -2.50. The Balaban J connectivity index is 1.86. The zero-order chi connectivity index (χ0) is 12.5. The minimum absolute atomic E-state index is 0.0563. The van der Waals surface area contributed by atoms with Gasteiger partial charge < -0.3 is 10.0 Å². The van der Waals surface area contributed by atoms with Crippen LogP contribution in [0.2, 0.25) is 5.02 Å². The van der Waals surface area contributed by atoms with Crippen LogP contribution in [-0.4, -0.2) is 42.2 Å². The van der Waals surface area contributed by atoms with E-state index in [-0.39, 0.29) is 6.61 Å². The normalized spacial score (nSPS) is 24.3. The summed E-state index contributed by atoms with van der Waals surface area (Å²) in [4.78, 5) is 4.92. The molecule has 2 aliphatic heterocycles. The van der Waals surface area contributed by atoms with Gasteiger partial charge in [-0.2, -0.15) is 0 Å². The summed E-state index contributed by atoms with van der Waals surface area (Å²) in [6, 6.07) is 6.45. The molecule has 3 rings (SSSR count). The van der Waals surface area contributed by atoms with Gasteiger partial charge in [-0.3, -0.25) is 4.90 Å². The highest BCUT2D eigenvalue weighted by molar-refractivity contribution is 6.33. The molecule has 1 aromatic carbocycles. The number of halogens is 1. The maximum Gasteiger partial charge on any atom is 0.0702 e. The van der Waals surface area contributed by atoms with E-state index in [1.807, 2.05) is 18.2 Å². The topological polar surface area (TPSA) is 26.7 Å². The molecule has 0 aromatic heterocycles. The van der Waals surface area contributed by atoms with Crippen LogP contribution >= 0.6 is 11.6 Å². The Hall–Kier alpha value is -0.770. The van der Waals surface area contributed by atoms with Gasteiger partial charge in [0.15, 0.2) is 0 Å². The maximum atomic E-state index is 9.47. The van der Waals surface area contributed by atoms with E-state index >= 15 is 0 Å². The summed E-state index contributed by atoms with van der Waals surface area (Å²) in [6.07, 6.45) is 2.60. The van der Waals surface area contributed by atoms with Crippen LogP contribution in [0.5, 0.6) is 0 Å². The average Bonchev–Trinajstić information content (AvgIpc) is 2.85. The summed E-state index contributed by atoms with van der Waals surface area (Å²) in [5.41, 5.74) is 1.97. The summed E-state index contributed by atoms with van der Waals surface area (Å²) in [6.45, 7) is 4.46. The van der Waals surface area contributed by atoms with Crippen molar-refractivity contribution in [3.63, 3.8) is 0 Å². The van der Waals surface area contributed by atoms with Crippen molar-refractivity contribution in [2.24, 2.45) is 0 Å². The number of aliphatic hydroxyl groups excluding tert-OH is 1. The highest BCUT2D eigenvalue weighted by Gasteiger charge is 2.31. The Bertz CT molecular complexity index is 438. The van der Waals surface area contributed by atoms with E-state index in [4.69, 9.17) is 11.6 Å². The predicted octanol–water partition coefficient (Wildman–Crippen LogP) is 2.12. The van der Waals surface area contributed by atoms with E-state index in [1.54, 1.807) is 0 Å². The second-order valence-electron chi connectivity index (χ2n) is 5.18. The first kappa shape index (κ1) is 12.3. The molecule has 0 saturated carbocycles. The fourth-order valence-electron chi connectivity index (χ4n) is 3.24. The van der Waals surface area contributed by atoms with Crippen LogP contribution in [0.25, 0.3) is 0 Å². The lowest BCUT2D eigenvalue weighted by Gasteiger charge is -2.39. The number of para-hydroxylation sites is 1. The fourth-order valence-corrected chi connectivity index (χ4v) is 3.55. The van der Waals surface area contributed by atoms with Crippen LogP contribution < -0.4 is 4.90 Å². The quantitative estimate of drug-likeness (QED) is 0.888. The maximum absolute atomic E-state index is 9.47. The third kappa shape index (κ3) is 2.11. The third-order valence-electron chi connectivity index (χ3n) is 4.14. The lowest BCUT2D eigenvalue weighted by molar-refractivity contribution is 0.230. The van der Waals surface area contributed by atoms with Crippen molar-refractivity contribution in [2.75, 3.05) is 31.1 Å². The van der Waals surface area contributed by atoms with E-state index in [1.165, 1.54) is 19.4 Å². The van der Waals surface area contributed by atoms with Crippen LogP contribution in [-0.2, 0) is 6.61 Å². The molecule has 2 fully saturated rings. The molecule has 3 nitrogen and oxygen atoms in total. The number of aliphatic hydroxyl groups is 1. The molecule has 98 valence electrons. The molecule has 4 heteroatoms. The number of benzene rings is 1. The van der Waals surface area contributed by atoms with Gasteiger partial charge in [0.05, 0.1) is 17.3 Å². The molecule has 0 bridgehead atoms. The van der Waals surface area contributed by atoms with E-state index in [0.717, 1.165) is 35.9 Å². The molecule has 2 saturated heterocycles. The molecule has 2 heterocycles. The lowest BCUT2D eigenvalue weighted by atomic mass is 10.1. The second-order valence-corrected chi connectivity index (χ2v) is 5.59. The highest BCUT2D eigenvalue weighted by atomic mass is 35.5. The summed E-state index contributed by atoms with van der Waals surface area (Å²) in [5.74, 6) is 0. The Morgan fingerprint density at radius 1 is 1.28 bits per heavy atom. The van der Waals surface area contributed by atoms with Gasteiger partial charge in [0, 0.05) is 31.2 Å². The number of piperazine rings is 1. The fraction of sp³-hybridized carbons (Fsp3) is 0.571. The third-order valence-corrected chi connectivity index (χ3v) is 4.45. The van der Waals surface area contributed by atoms with Crippen molar-refractivity contribution in [3.8, 4) is 0 Å². The Morgan fingerprint density at radius 3 is 3.00 bits per heavy atom. The van der Waals surface area contributed by atoms with E-state index < -0.39 is 0 Å². The number of hydrogen-bond donors (Lipinski definition) is 1. The molecule has 1 aromatic rings. The molecule has 1 unspecified atom stereocenters. The molecule has 1 atom stereocenters. The monoisotopic (exact) mass is 266 g/mol. The molecule has 2 aliphatic rings. The zero-order valence-corrected chi connectivity index (χ0v) is 11.2. The Morgan fingerprint density at radius 2 is 2.17 bits per heavy atom. The van der Waals surface area contributed by atoms with Crippen molar-refractivity contribution in [2.45, 2.75) is 25.5 Å². The molecule has 0 spiro atoms. The molecular weight excluding hydrogens is 248 g/mol. The Labute approximate surface area is 113 Å². The average molecular weight is 267 g/mol. The zero-order valence-electron chi connectivity index (χ0n) is 10.5. The van der Waals surface area contributed by atoms with Crippen LogP contribution in [0.4, 0.5) is 5.69 Å². The van der Waals surface area contributed by atoms with Gasteiger partial charge in [-0.25, -0.2) is 0 Å². The highest BCUT2D eigenvalue weighted by Crippen LogP contribution is 2.33. The largest absolute Gasteiger partial charge is 0.392 e. The number of fused-ring (bicyclic) bond motifs is 1. The van der Waals surface area contributed by atoms with Gasteiger partial charge in [0.2, 0.25) is 0 Å². The summed E-state index contributed by atoms with van der Waals surface area (Å²) in [5, 5.41) is 10.2. The van der Waals surface area contributed by atoms with Crippen LogP contribution in [0.3, 0.4) is 0 Å². The first-order chi connectivity index (χ1) is 8.79. The van der Waals surface area contributed by atoms with Crippen LogP contribution in [0, 0.1) is 0 Å². The van der Waals surface area contributed by atoms with Gasteiger partial charge in [0.1, 0.15) is 0 Å². The SMILES string of the molecule is OCc1cccc(Cl)c1N1CCN2CCCC2C1. The minimum atomic E-state index is 0.0563. The number of anilines is 1. The first-order valence-corrected chi connectivity index (χ1v) is 7.04. The van der Waals surface area contributed by atoms with Gasteiger partial charge in [-0.05, 0) is 25.5 Å².